The molecule has 4 rings (SSSR count). The van der Waals surface area contributed by atoms with Crippen molar-refractivity contribution < 1.29 is 31.1 Å². The number of nitriles is 1. The highest BCUT2D eigenvalue weighted by molar-refractivity contribution is 5.94. The average molecular weight is 583 g/mol. The number of hydrogen-bond acceptors (Lipinski definition) is 8. The minimum absolute atomic E-state index is 0.0453. The first-order valence-corrected chi connectivity index (χ1v) is 12.2. The molecule has 17 heteroatoms. The molecule has 1 amide bonds. The molecule has 1 aliphatic heterocycles. The van der Waals surface area contributed by atoms with Crippen LogP contribution < -0.4 is 15.8 Å². The second-order valence-electron chi connectivity index (χ2n) is 9.36. The summed E-state index contributed by atoms with van der Waals surface area (Å²) in [6, 6.07) is 2.34. The molecule has 41 heavy (non-hydrogen) atoms. The number of H-pyrrole nitrogens is 1. The number of halogens is 6. The zero-order valence-electron chi connectivity index (χ0n) is 21.4. The lowest BCUT2D eigenvalue weighted by Gasteiger charge is -2.40. The highest BCUT2D eigenvalue weighted by Crippen LogP contribution is 2.32. The third-order valence-electron chi connectivity index (χ3n) is 6.34. The van der Waals surface area contributed by atoms with Crippen molar-refractivity contribution in [2.45, 2.75) is 44.3 Å². The molecule has 11 nitrogen and oxygen atoms in total. The van der Waals surface area contributed by atoms with Gasteiger partial charge < -0.3 is 19.7 Å². The lowest BCUT2D eigenvalue weighted by atomic mass is 10.1. The Morgan fingerprint density at radius 3 is 2.51 bits per heavy atom. The second-order valence-corrected chi connectivity index (χ2v) is 9.36. The fraction of sp³-hybridized carbons (Fsp3) is 0.417. The van der Waals surface area contributed by atoms with Gasteiger partial charge in [0.15, 0.2) is 0 Å². The Balaban J connectivity index is 1.42. The lowest BCUT2D eigenvalue weighted by molar-refractivity contribution is -0.139. The Morgan fingerprint density at radius 2 is 1.88 bits per heavy atom. The summed E-state index contributed by atoms with van der Waals surface area (Å²) in [5.41, 5.74) is -3.97. The summed E-state index contributed by atoms with van der Waals surface area (Å²) < 4.78 is 80.0. The van der Waals surface area contributed by atoms with Gasteiger partial charge in [-0.05, 0) is 13.0 Å². The fourth-order valence-electron chi connectivity index (χ4n) is 4.48. The largest absolute Gasteiger partial charge is 0.423 e. The first kappa shape index (κ1) is 29.4. The van der Waals surface area contributed by atoms with Crippen LogP contribution in [0.15, 0.2) is 41.8 Å². The highest BCUT2D eigenvalue weighted by Gasteiger charge is 2.38. The summed E-state index contributed by atoms with van der Waals surface area (Å²) in [6.07, 6.45) is -4.22. The van der Waals surface area contributed by atoms with E-state index in [1.807, 2.05) is 6.07 Å². The number of aromatic amines is 1. The standard InChI is InChI=1S/C24H23F6N9O2/c1-14(35-18-10-34-36-20(40)19(18)24(28,29)30)11-37-5-3-15(12-37)21(41)39-7-6-38(13-17(39)2-4-31)22-32-8-16(9-33-22)23(25,26)27/h3,5,8-10,12,14,17H,2,6-7,11,13H2,1H3,(H2,35,36,40)/t14-,17-/m0/s1. The SMILES string of the molecule is C[C@@H](Cn1ccc(C(=O)N2CCN(c3ncc(C(F)(F)F)cn3)C[C@@H]2CC#N)c1)Nc1cn[nH]c(=O)c1C(F)(F)F. The van der Waals surface area contributed by atoms with Crippen LogP contribution in [0.5, 0.6) is 0 Å². The molecular formula is C24H23F6N9O2. The van der Waals surface area contributed by atoms with Gasteiger partial charge in [0.2, 0.25) is 5.95 Å². The van der Waals surface area contributed by atoms with Crippen LogP contribution in [0.2, 0.25) is 0 Å². The summed E-state index contributed by atoms with van der Waals surface area (Å²) in [4.78, 5) is 35.7. The minimum atomic E-state index is -4.89. The lowest BCUT2D eigenvalue weighted by Crippen LogP contribution is -2.55. The Hall–Kier alpha value is -4.62. The first-order valence-electron chi connectivity index (χ1n) is 12.2. The van der Waals surface area contributed by atoms with E-state index in [1.165, 1.54) is 17.2 Å². The number of alkyl halides is 6. The average Bonchev–Trinajstić information content (AvgIpc) is 3.35. The molecule has 0 aliphatic carbocycles. The zero-order valence-corrected chi connectivity index (χ0v) is 21.4. The van der Waals surface area contributed by atoms with Crippen molar-refractivity contribution in [3.63, 3.8) is 0 Å². The highest BCUT2D eigenvalue weighted by atomic mass is 19.4. The predicted molar refractivity (Wildman–Crippen MR) is 132 cm³/mol. The van der Waals surface area contributed by atoms with Crippen molar-refractivity contribution in [3.8, 4) is 6.07 Å². The summed E-state index contributed by atoms with van der Waals surface area (Å²) in [5, 5.41) is 17.1. The van der Waals surface area contributed by atoms with E-state index in [9.17, 15) is 41.2 Å². The molecule has 0 spiro atoms. The van der Waals surface area contributed by atoms with Gasteiger partial charge in [0.1, 0.15) is 5.56 Å². The number of carbonyl (C=O) groups is 1. The predicted octanol–water partition coefficient (Wildman–Crippen LogP) is 3.14. The van der Waals surface area contributed by atoms with Crippen molar-refractivity contribution in [2.75, 3.05) is 29.9 Å². The van der Waals surface area contributed by atoms with Crippen molar-refractivity contribution in [3.05, 3.63) is 64.1 Å². The van der Waals surface area contributed by atoms with E-state index in [-0.39, 0.29) is 44.1 Å². The van der Waals surface area contributed by atoms with Gasteiger partial charge >= 0.3 is 12.4 Å². The molecule has 218 valence electrons. The second kappa shape index (κ2) is 11.5. The summed E-state index contributed by atoms with van der Waals surface area (Å²) in [5.74, 6) is -0.347. The number of rotatable bonds is 7. The molecular weight excluding hydrogens is 560 g/mol. The molecule has 1 saturated heterocycles. The number of aromatic nitrogens is 5. The molecule has 0 saturated carbocycles. The first-order chi connectivity index (χ1) is 19.3. The van der Waals surface area contributed by atoms with Crippen molar-refractivity contribution in [1.82, 2.24) is 29.6 Å². The van der Waals surface area contributed by atoms with Crippen LogP contribution in [-0.4, -0.2) is 67.3 Å². The Kier molecular flexibility index (Phi) is 8.22. The van der Waals surface area contributed by atoms with Gasteiger partial charge in [0, 0.05) is 57.0 Å². The van der Waals surface area contributed by atoms with E-state index >= 15 is 0 Å². The number of nitrogens with one attached hydrogen (secondary N) is 2. The molecule has 3 aromatic rings. The molecule has 2 N–H and O–H groups in total. The van der Waals surface area contributed by atoms with Crippen molar-refractivity contribution in [1.29, 1.82) is 5.26 Å². The molecule has 0 aromatic carbocycles. The van der Waals surface area contributed by atoms with Gasteiger partial charge in [-0.2, -0.15) is 36.7 Å². The van der Waals surface area contributed by atoms with Crippen molar-refractivity contribution >= 4 is 17.5 Å². The van der Waals surface area contributed by atoms with Crippen LogP contribution in [0, 0.1) is 11.3 Å². The number of carbonyl (C=O) groups excluding carboxylic acids is 1. The van der Waals surface area contributed by atoms with Crippen LogP contribution in [0.3, 0.4) is 0 Å². The molecule has 1 fully saturated rings. The number of nitrogens with zero attached hydrogens (tertiary/aromatic N) is 7. The van der Waals surface area contributed by atoms with E-state index in [2.05, 4.69) is 20.4 Å². The Bertz CT molecular complexity index is 1480. The summed E-state index contributed by atoms with van der Waals surface area (Å²) >= 11 is 0. The quantitative estimate of drug-likeness (QED) is 0.405. The van der Waals surface area contributed by atoms with Crippen molar-refractivity contribution in [2.24, 2.45) is 0 Å². The van der Waals surface area contributed by atoms with Crippen LogP contribution in [0.1, 0.15) is 34.8 Å². The maximum atomic E-state index is 13.3. The normalized spacial score (nSPS) is 16.8. The fourth-order valence-corrected chi connectivity index (χ4v) is 4.48. The van der Waals surface area contributed by atoms with E-state index in [4.69, 9.17) is 0 Å². The molecule has 0 bridgehead atoms. The third-order valence-corrected chi connectivity index (χ3v) is 6.34. The van der Waals surface area contributed by atoms with Gasteiger partial charge in [-0.1, -0.05) is 0 Å². The minimum Gasteiger partial charge on any atom is -0.379 e. The number of amides is 1. The zero-order chi connectivity index (χ0) is 29.9. The molecule has 2 atom stereocenters. The third kappa shape index (κ3) is 6.76. The van der Waals surface area contributed by atoms with E-state index in [0.29, 0.717) is 12.4 Å². The van der Waals surface area contributed by atoms with E-state index in [0.717, 1.165) is 6.20 Å². The number of piperazine rings is 1. The smallest absolute Gasteiger partial charge is 0.379 e. The van der Waals surface area contributed by atoms with Crippen LogP contribution in [-0.2, 0) is 18.9 Å². The van der Waals surface area contributed by atoms with E-state index < -0.39 is 52.7 Å². The van der Waals surface area contributed by atoms with E-state index in [1.54, 1.807) is 27.7 Å². The number of anilines is 2. The van der Waals surface area contributed by atoms with Crippen LogP contribution in [0.4, 0.5) is 38.0 Å². The van der Waals surface area contributed by atoms with Gasteiger partial charge in [-0.15, -0.1) is 0 Å². The van der Waals surface area contributed by atoms with Crippen LogP contribution >= 0.6 is 0 Å². The van der Waals surface area contributed by atoms with Gasteiger partial charge in [0.25, 0.3) is 11.5 Å². The molecule has 1 aliphatic rings. The number of hydrogen-bond donors (Lipinski definition) is 2. The molecule has 3 aromatic heterocycles. The Morgan fingerprint density at radius 1 is 1.17 bits per heavy atom. The molecule has 0 unspecified atom stereocenters. The molecule has 0 radical (unpaired) electrons. The topological polar surface area (TPSA) is 136 Å². The van der Waals surface area contributed by atoms with Gasteiger partial charge in [-0.3, -0.25) is 9.59 Å². The summed E-state index contributed by atoms with van der Waals surface area (Å²) in [6.45, 7) is 2.21. The van der Waals surface area contributed by atoms with Crippen LogP contribution in [0.25, 0.3) is 0 Å². The Labute approximate surface area is 228 Å². The summed E-state index contributed by atoms with van der Waals surface area (Å²) in [7, 11) is 0. The van der Waals surface area contributed by atoms with Gasteiger partial charge in [0.05, 0.1) is 41.5 Å². The molecule has 4 heterocycles. The monoisotopic (exact) mass is 583 g/mol. The van der Waals surface area contributed by atoms with Gasteiger partial charge in [-0.25, -0.2) is 15.1 Å². The maximum absolute atomic E-state index is 13.3. The maximum Gasteiger partial charge on any atom is 0.423 e.